The Labute approximate surface area is 194 Å². The zero-order valence-electron chi connectivity index (χ0n) is 16.6. The summed E-state index contributed by atoms with van der Waals surface area (Å²) in [4.78, 5) is 12.3. The molecule has 0 unspecified atom stereocenters. The van der Waals surface area contributed by atoms with Crippen LogP contribution in [0.5, 0.6) is 11.5 Å². The smallest absolute Gasteiger partial charge is 0.271 e. The van der Waals surface area contributed by atoms with Gasteiger partial charge in [0.05, 0.1) is 6.21 Å². The second-order valence-electron chi connectivity index (χ2n) is 6.42. The van der Waals surface area contributed by atoms with Crippen molar-refractivity contribution >= 4 is 39.7 Å². The van der Waals surface area contributed by atoms with Gasteiger partial charge < -0.3 is 9.47 Å². The third kappa shape index (κ3) is 6.98. The van der Waals surface area contributed by atoms with Crippen molar-refractivity contribution in [1.29, 1.82) is 0 Å². The van der Waals surface area contributed by atoms with Crippen molar-refractivity contribution < 1.29 is 14.3 Å². The summed E-state index contributed by atoms with van der Waals surface area (Å²) in [6, 6.07) is 19.8. The average molecular weight is 500 g/mol. The summed E-state index contributed by atoms with van der Waals surface area (Å²) in [7, 11) is 0. The fraction of sp³-hybridized carbons (Fsp3) is 0.0833. The van der Waals surface area contributed by atoms with E-state index >= 15 is 0 Å². The largest absolute Gasteiger partial charge is 0.489 e. The van der Waals surface area contributed by atoms with E-state index in [1.54, 1.807) is 30.3 Å². The lowest BCUT2D eigenvalue weighted by Crippen LogP contribution is -2.17. The number of ether oxygens (including phenoxy) is 2. The predicted molar refractivity (Wildman–Crippen MR) is 127 cm³/mol. The van der Waals surface area contributed by atoms with Gasteiger partial charge in [-0.1, -0.05) is 52.3 Å². The number of benzene rings is 3. The second-order valence-corrected chi connectivity index (χ2v) is 7.77. The molecule has 7 heteroatoms. The molecule has 0 heterocycles. The Balaban J connectivity index is 1.56. The van der Waals surface area contributed by atoms with E-state index in [0.29, 0.717) is 35.3 Å². The Kier molecular flexibility index (Phi) is 8.27. The summed E-state index contributed by atoms with van der Waals surface area (Å²) < 4.78 is 12.2. The van der Waals surface area contributed by atoms with Crippen LogP contribution in [0.3, 0.4) is 0 Å². The average Bonchev–Trinajstić information content (AvgIpc) is 2.78. The Morgan fingerprint density at radius 2 is 1.81 bits per heavy atom. The topological polar surface area (TPSA) is 59.9 Å². The Bertz CT molecular complexity index is 1070. The molecule has 0 aliphatic heterocycles. The highest BCUT2D eigenvalue weighted by Crippen LogP contribution is 2.22. The maximum atomic E-state index is 12.3. The molecule has 3 aromatic rings. The highest BCUT2D eigenvalue weighted by Gasteiger charge is 2.06. The number of carbonyl (C=O) groups is 1. The van der Waals surface area contributed by atoms with E-state index in [9.17, 15) is 4.79 Å². The van der Waals surface area contributed by atoms with Crippen LogP contribution in [-0.4, -0.2) is 18.7 Å². The van der Waals surface area contributed by atoms with Crippen molar-refractivity contribution in [3.8, 4) is 11.5 Å². The second kappa shape index (κ2) is 11.3. The molecular weight excluding hydrogens is 480 g/mol. The highest BCUT2D eigenvalue weighted by molar-refractivity contribution is 9.10. The Hall–Kier alpha value is -3.09. The minimum atomic E-state index is -0.330. The summed E-state index contributed by atoms with van der Waals surface area (Å²) in [6.07, 6.45) is 3.19. The molecule has 1 amide bonds. The minimum Gasteiger partial charge on any atom is -0.489 e. The van der Waals surface area contributed by atoms with Crippen LogP contribution in [0.2, 0.25) is 5.02 Å². The lowest BCUT2D eigenvalue weighted by Gasteiger charge is -2.08. The van der Waals surface area contributed by atoms with E-state index in [-0.39, 0.29) is 5.91 Å². The molecule has 0 spiro atoms. The zero-order chi connectivity index (χ0) is 22.1. The third-order valence-corrected chi connectivity index (χ3v) is 4.88. The number of carbonyl (C=O) groups excluding carboxylic acids is 1. The summed E-state index contributed by atoms with van der Waals surface area (Å²) in [5.41, 5.74) is 4.71. The molecule has 0 radical (unpaired) electrons. The highest BCUT2D eigenvalue weighted by atomic mass is 79.9. The Morgan fingerprint density at radius 1 is 1.06 bits per heavy atom. The van der Waals surface area contributed by atoms with Crippen molar-refractivity contribution in [3.63, 3.8) is 0 Å². The summed E-state index contributed by atoms with van der Waals surface area (Å²) in [6.45, 7) is 4.43. The zero-order valence-corrected chi connectivity index (χ0v) is 18.9. The van der Waals surface area contributed by atoms with Gasteiger partial charge in [0.25, 0.3) is 5.91 Å². The molecule has 0 bridgehead atoms. The molecule has 0 aliphatic rings. The lowest BCUT2D eigenvalue weighted by molar-refractivity contribution is 0.0955. The van der Waals surface area contributed by atoms with E-state index in [0.717, 1.165) is 15.6 Å². The van der Waals surface area contributed by atoms with Crippen molar-refractivity contribution in [3.05, 3.63) is 106 Å². The molecule has 5 nitrogen and oxygen atoms in total. The van der Waals surface area contributed by atoms with Crippen molar-refractivity contribution in [2.24, 2.45) is 5.10 Å². The minimum absolute atomic E-state index is 0.330. The molecule has 0 aromatic heterocycles. The van der Waals surface area contributed by atoms with Crippen LogP contribution >= 0.6 is 27.5 Å². The van der Waals surface area contributed by atoms with Gasteiger partial charge in [0.1, 0.15) is 24.7 Å². The van der Waals surface area contributed by atoms with Crippen LogP contribution in [-0.2, 0) is 6.61 Å². The van der Waals surface area contributed by atoms with Gasteiger partial charge in [-0.25, -0.2) is 5.43 Å². The van der Waals surface area contributed by atoms with Crippen LogP contribution in [0.1, 0.15) is 21.5 Å². The van der Waals surface area contributed by atoms with Gasteiger partial charge >= 0.3 is 0 Å². The van der Waals surface area contributed by atoms with Crippen molar-refractivity contribution in [1.82, 2.24) is 5.43 Å². The monoisotopic (exact) mass is 498 g/mol. The van der Waals surface area contributed by atoms with Gasteiger partial charge in [-0.2, -0.15) is 5.10 Å². The molecule has 3 rings (SSSR count). The first kappa shape index (κ1) is 22.6. The molecular formula is C24H20BrClN2O3. The number of hydrazone groups is 1. The number of nitrogens with one attached hydrogen (secondary N) is 1. The quantitative estimate of drug-likeness (QED) is 0.223. The fourth-order valence-electron chi connectivity index (χ4n) is 2.58. The van der Waals surface area contributed by atoms with E-state index < -0.39 is 0 Å². The maximum Gasteiger partial charge on any atom is 0.271 e. The molecule has 31 heavy (non-hydrogen) atoms. The van der Waals surface area contributed by atoms with Crippen LogP contribution in [0.15, 0.2) is 89.0 Å². The van der Waals surface area contributed by atoms with Gasteiger partial charge in [0.15, 0.2) is 0 Å². The molecule has 3 aromatic carbocycles. The van der Waals surface area contributed by atoms with E-state index in [4.69, 9.17) is 21.1 Å². The molecule has 158 valence electrons. The van der Waals surface area contributed by atoms with Gasteiger partial charge in [0, 0.05) is 20.6 Å². The van der Waals surface area contributed by atoms with Gasteiger partial charge in [-0.15, -0.1) is 0 Å². The van der Waals surface area contributed by atoms with Crippen LogP contribution in [0.25, 0.3) is 0 Å². The molecule has 1 N–H and O–H groups in total. The van der Waals surface area contributed by atoms with Crippen LogP contribution in [0.4, 0.5) is 0 Å². The molecule has 0 fully saturated rings. The first-order valence-corrected chi connectivity index (χ1v) is 10.6. The lowest BCUT2D eigenvalue weighted by atomic mass is 10.2. The predicted octanol–water partition coefficient (Wildman–Crippen LogP) is 6.01. The van der Waals surface area contributed by atoms with E-state index in [1.807, 2.05) is 42.5 Å². The number of hydrogen-bond donors (Lipinski definition) is 1. The molecule has 0 atom stereocenters. The molecule has 0 saturated carbocycles. The van der Waals surface area contributed by atoms with E-state index in [1.165, 1.54) is 6.21 Å². The first-order chi connectivity index (χ1) is 15.0. The van der Waals surface area contributed by atoms with Gasteiger partial charge in [0.2, 0.25) is 0 Å². The fourth-order valence-corrected chi connectivity index (χ4v) is 3.08. The van der Waals surface area contributed by atoms with Gasteiger partial charge in [-0.05, 0) is 60.2 Å². The van der Waals surface area contributed by atoms with Crippen LogP contribution in [0, 0.1) is 0 Å². The van der Waals surface area contributed by atoms with E-state index in [2.05, 4.69) is 33.0 Å². The Morgan fingerprint density at radius 3 is 2.52 bits per heavy atom. The van der Waals surface area contributed by atoms with Crippen molar-refractivity contribution in [2.75, 3.05) is 6.61 Å². The number of hydrogen-bond acceptors (Lipinski definition) is 4. The summed E-state index contributed by atoms with van der Waals surface area (Å²) >= 11 is 9.30. The number of halogens is 2. The number of rotatable bonds is 9. The normalized spacial score (nSPS) is 10.6. The SMILES string of the molecule is C=CCOc1ccc(Br)cc1/C=N/NC(=O)c1ccc(OCc2ccc(Cl)cc2)cc1. The first-order valence-electron chi connectivity index (χ1n) is 9.39. The van der Waals surface area contributed by atoms with Crippen LogP contribution < -0.4 is 14.9 Å². The molecule has 0 aliphatic carbocycles. The van der Waals surface area contributed by atoms with Gasteiger partial charge in [-0.3, -0.25) is 4.79 Å². The molecule has 0 saturated heterocycles. The summed E-state index contributed by atoms with van der Waals surface area (Å²) in [5.74, 6) is 0.973. The maximum absolute atomic E-state index is 12.3. The summed E-state index contributed by atoms with van der Waals surface area (Å²) in [5, 5.41) is 4.72. The standard InChI is InChI=1S/C24H20BrClN2O3/c1-2-13-30-23-12-7-20(25)14-19(23)15-27-28-24(29)18-5-10-22(11-6-18)31-16-17-3-8-21(26)9-4-17/h2-12,14-15H,1,13,16H2,(H,28,29)/b27-15+. The number of amides is 1. The third-order valence-electron chi connectivity index (χ3n) is 4.13. The van der Waals surface area contributed by atoms with Crippen molar-refractivity contribution in [2.45, 2.75) is 6.61 Å². The number of nitrogens with zero attached hydrogens (tertiary/aromatic N) is 1.